The van der Waals surface area contributed by atoms with Crippen molar-refractivity contribution in [3.05, 3.63) is 18.2 Å². The summed E-state index contributed by atoms with van der Waals surface area (Å²) in [5.41, 5.74) is 0. The Morgan fingerprint density at radius 1 is 1.03 bits per heavy atom. The maximum atomic E-state index is 13.0. The van der Waals surface area contributed by atoms with Gasteiger partial charge in [0.2, 0.25) is 15.9 Å². The lowest BCUT2D eigenvalue weighted by Gasteiger charge is -2.34. The lowest BCUT2D eigenvalue weighted by atomic mass is 9.85. The first-order chi connectivity index (χ1) is 13.9. The van der Waals surface area contributed by atoms with E-state index in [0.29, 0.717) is 56.6 Å². The Morgan fingerprint density at radius 2 is 1.72 bits per heavy atom. The summed E-state index contributed by atoms with van der Waals surface area (Å²) in [5, 5.41) is 3.22. The summed E-state index contributed by atoms with van der Waals surface area (Å²) >= 11 is 0. The molecule has 1 N–H and O–H groups in total. The number of nitrogens with one attached hydrogen (secondary N) is 1. The van der Waals surface area contributed by atoms with Crippen molar-refractivity contribution >= 4 is 15.9 Å². The number of hydrogen-bond donors (Lipinski definition) is 1. The van der Waals surface area contributed by atoms with Crippen molar-refractivity contribution in [3.8, 4) is 11.5 Å². The third kappa shape index (κ3) is 4.38. The first kappa shape index (κ1) is 20.5. The van der Waals surface area contributed by atoms with Gasteiger partial charge in [-0.3, -0.25) is 4.79 Å². The molecule has 0 bridgehead atoms. The van der Waals surface area contributed by atoms with Gasteiger partial charge in [-0.25, -0.2) is 8.42 Å². The van der Waals surface area contributed by atoms with Gasteiger partial charge in [-0.1, -0.05) is 19.8 Å². The zero-order chi connectivity index (χ0) is 20.4. The van der Waals surface area contributed by atoms with Crippen LogP contribution in [-0.2, 0) is 14.8 Å². The molecule has 29 heavy (non-hydrogen) atoms. The van der Waals surface area contributed by atoms with E-state index in [1.807, 2.05) is 0 Å². The first-order valence-corrected chi connectivity index (χ1v) is 12.1. The van der Waals surface area contributed by atoms with Crippen molar-refractivity contribution in [1.82, 2.24) is 9.62 Å². The van der Waals surface area contributed by atoms with Crippen LogP contribution in [0.15, 0.2) is 23.1 Å². The van der Waals surface area contributed by atoms with E-state index < -0.39 is 10.0 Å². The molecular formula is C21H30N2O5S. The van der Waals surface area contributed by atoms with Gasteiger partial charge >= 0.3 is 0 Å². The average Bonchev–Trinajstić information content (AvgIpc) is 2.75. The minimum atomic E-state index is -3.61. The summed E-state index contributed by atoms with van der Waals surface area (Å²) in [6.45, 7) is 3.79. The molecule has 0 aromatic heterocycles. The molecule has 1 aromatic rings. The Labute approximate surface area is 172 Å². The Morgan fingerprint density at radius 3 is 2.45 bits per heavy atom. The van der Waals surface area contributed by atoms with Gasteiger partial charge in [0.25, 0.3) is 0 Å². The Bertz CT molecular complexity index is 849. The van der Waals surface area contributed by atoms with Crippen LogP contribution in [0.25, 0.3) is 0 Å². The Hall–Kier alpha value is -1.80. The van der Waals surface area contributed by atoms with Crippen molar-refractivity contribution in [2.45, 2.75) is 56.4 Å². The third-order valence-corrected chi connectivity index (χ3v) is 8.31. The minimum absolute atomic E-state index is 0.0835. The largest absolute Gasteiger partial charge is 0.486 e. The SMILES string of the molecule is C[C@H]1CCCC[C@H]1NC(=O)C1CCN(S(=O)(=O)c2ccc3c(c2)OCCO3)CC1. The number of fused-ring (bicyclic) bond motifs is 1. The van der Waals surface area contributed by atoms with Gasteiger partial charge in [0.15, 0.2) is 11.5 Å². The highest BCUT2D eigenvalue weighted by Gasteiger charge is 2.34. The molecule has 1 saturated heterocycles. The normalized spacial score (nSPS) is 26.1. The van der Waals surface area contributed by atoms with Gasteiger partial charge in [-0.05, 0) is 43.7 Å². The highest BCUT2D eigenvalue weighted by atomic mass is 32.2. The molecule has 1 amide bonds. The third-order valence-electron chi connectivity index (χ3n) is 6.42. The molecule has 160 valence electrons. The van der Waals surface area contributed by atoms with Crippen LogP contribution < -0.4 is 14.8 Å². The molecule has 2 heterocycles. The van der Waals surface area contributed by atoms with E-state index >= 15 is 0 Å². The second-order valence-electron chi connectivity index (χ2n) is 8.36. The zero-order valence-electron chi connectivity index (χ0n) is 16.9. The number of ether oxygens (including phenoxy) is 2. The number of carbonyl (C=O) groups excluding carboxylic acids is 1. The van der Waals surface area contributed by atoms with Crippen LogP contribution in [0, 0.1) is 11.8 Å². The van der Waals surface area contributed by atoms with Crippen LogP contribution in [0.4, 0.5) is 0 Å². The predicted octanol–water partition coefficient (Wildman–Crippen LogP) is 2.55. The van der Waals surface area contributed by atoms with Crippen LogP contribution in [0.5, 0.6) is 11.5 Å². The molecule has 0 spiro atoms. The summed E-state index contributed by atoms with van der Waals surface area (Å²) < 4.78 is 38.5. The second-order valence-corrected chi connectivity index (χ2v) is 10.3. The van der Waals surface area contributed by atoms with E-state index in [4.69, 9.17) is 9.47 Å². The lowest BCUT2D eigenvalue weighted by molar-refractivity contribution is -0.127. The quantitative estimate of drug-likeness (QED) is 0.806. The number of sulfonamides is 1. The summed E-state index contributed by atoms with van der Waals surface area (Å²) in [7, 11) is -3.61. The average molecular weight is 423 g/mol. The van der Waals surface area contributed by atoms with Crippen LogP contribution in [0.3, 0.4) is 0 Å². The standard InChI is InChI=1S/C21H30N2O5S/c1-15-4-2-3-5-18(15)22-21(24)16-8-10-23(11-9-16)29(25,26)17-6-7-19-20(14-17)28-13-12-27-19/h6-7,14-16,18H,2-5,8-13H2,1H3,(H,22,24)/t15-,18+/m0/s1. The van der Waals surface area contributed by atoms with Gasteiger partial charge in [0.1, 0.15) is 13.2 Å². The number of rotatable bonds is 4. The van der Waals surface area contributed by atoms with E-state index in [1.165, 1.54) is 23.2 Å². The fourth-order valence-corrected chi connectivity index (χ4v) is 6.01. The molecule has 2 aliphatic heterocycles. The molecule has 3 aliphatic rings. The van der Waals surface area contributed by atoms with Crippen molar-refractivity contribution in [3.63, 3.8) is 0 Å². The van der Waals surface area contributed by atoms with E-state index in [2.05, 4.69) is 12.2 Å². The van der Waals surface area contributed by atoms with E-state index in [-0.39, 0.29) is 22.8 Å². The van der Waals surface area contributed by atoms with Crippen LogP contribution in [0.2, 0.25) is 0 Å². The summed E-state index contributed by atoms with van der Waals surface area (Å²) in [5.74, 6) is 1.52. The predicted molar refractivity (Wildman–Crippen MR) is 108 cm³/mol. The number of benzene rings is 1. The Balaban J connectivity index is 1.36. The minimum Gasteiger partial charge on any atom is -0.486 e. The van der Waals surface area contributed by atoms with Gasteiger partial charge in [0, 0.05) is 31.1 Å². The molecular weight excluding hydrogens is 392 g/mol. The van der Waals surface area contributed by atoms with Crippen molar-refractivity contribution in [2.24, 2.45) is 11.8 Å². The maximum absolute atomic E-state index is 13.0. The van der Waals surface area contributed by atoms with E-state index in [9.17, 15) is 13.2 Å². The summed E-state index contributed by atoms with van der Waals surface area (Å²) in [6.07, 6.45) is 5.72. The van der Waals surface area contributed by atoms with Gasteiger partial charge in [-0.15, -0.1) is 0 Å². The molecule has 4 rings (SSSR count). The molecule has 1 aliphatic carbocycles. The molecule has 1 saturated carbocycles. The monoisotopic (exact) mass is 422 g/mol. The fourth-order valence-electron chi connectivity index (χ4n) is 4.52. The molecule has 2 atom stereocenters. The molecule has 8 heteroatoms. The van der Waals surface area contributed by atoms with Crippen LogP contribution >= 0.6 is 0 Å². The maximum Gasteiger partial charge on any atom is 0.243 e. The molecule has 0 unspecified atom stereocenters. The van der Waals surface area contributed by atoms with Crippen LogP contribution in [0.1, 0.15) is 45.4 Å². The van der Waals surface area contributed by atoms with Crippen LogP contribution in [-0.4, -0.2) is 51.0 Å². The van der Waals surface area contributed by atoms with Gasteiger partial charge in [0.05, 0.1) is 4.90 Å². The van der Waals surface area contributed by atoms with E-state index in [1.54, 1.807) is 12.1 Å². The highest BCUT2D eigenvalue weighted by molar-refractivity contribution is 7.89. The number of amides is 1. The number of piperidine rings is 1. The molecule has 1 aromatic carbocycles. The van der Waals surface area contributed by atoms with Gasteiger partial charge < -0.3 is 14.8 Å². The first-order valence-electron chi connectivity index (χ1n) is 10.7. The summed E-state index contributed by atoms with van der Waals surface area (Å²) in [6, 6.07) is 5.00. The topological polar surface area (TPSA) is 84.9 Å². The second kappa shape index (κ2) is 8.52. The lowest BCUT2D eigenvalue weighted by Crippen LogP contribution is -2.47. The van der Waals surface area contributed by atoms with E-state index in [0.717, 1.165) is 12.8 Å². The molecule has 2 fully saturated rings. The highest BCUT2D eigenvalue weighted by Crippen LogP contribution is 2.34. The number of nitrogens with zero attached hydrogens (tertiary/aromatic N) is 1. The van der Waals surface area contributed by atoms with Crippen molar-refractivity contribution in [1.29, 1.82) is 0 Å². The summed E-state index contributed by atoms with van der Waals surface area (Å²) in [4.78, 5) is 12.9. The van der Waals surface area contributed by atoms with Crippen molar-refractivity contribution in [2.75, 3.05) is 26.3 Å². The smallest absolute Gasteiger partial charge is 0.243 e. The van der Waals surface area contributed by atoms with Gasteiger partial charge in [-0.2, -0.15) is 4.31 Å². The van der Waals surface area contributed by atoms with Crippen molar-refractivity contribution < 1.29 is 22.7 Å². The number of hydrogen-bond acceptors (Lipinski definition) is 5. The Kier molecular flexibility index (Phi) is 6.01. The zero-order valence-corrected chi connectivity index (χ0v) is 17.7. The number of carbonyl (C=O) groups is 1. The fraction of sp³-hybridized carbons (Fsp3) is 0.667. The molecule has 7 nitrogen and oxygen atoms in total. The molecule has 0 radical (unpaired) electrons.